The summed E-state index contributed by atoms with van der Waals surface area (Å²) in [4.78, 5) is 18.7. The number of alkyl halides is 3. The lowest BCUT2D eigenvalue weighted by Gasteiger charge is -2.16. The number of fused-ring (bicyclic) bond motifs is 1. The molecule has 1 N–H and O–H groups in total. The van der Waals surface area contributed by atoms with Crippen molar-refractivity contribution in [1.82, 2.24) is 20.1 Å². The van der Waals surface area contributed by atoms with E-state index in [2.05, 4.69) is 15.4 Å². The molecule has 0 aliphatic heterocycles. The standard InChI is InChI=1S/C22H20F3N5OS/c1-14-19-20(30(28-14)16-9-4-3-5-10-16)27-21(32-19)29(2)13-18(31)26-12-15-8-6-7-11-17(15)22(23,24)25/h3-11H,12-13H2,1-2H3,(H,26,31). The molecule has 0 fully saturated rings. The maximum Gasteiger partial charge on any atom is 0.416 e. The molecule has 0 unspecified atom stereocenters. The van der Waals surface area contributed by atoms with Crippen LogP contribution in [0.15, 0.2) is 54.6 Å². The quantitative estimate of drug-likeness (QED) is 0.459. The van der Waals surface area contributed by atoms with Gasteiger partial charge >= 0.3 is 6.18 Å². The monoisotopic (exact) mass is 459 g/mol. The van der Waals surface area contributed by atoms with Crippen molar-refractivity contribution in [3.63, 3.8) is 0 Å². The maximum absolute atomic E-state index is 13.1. The first-order valence-electron chi connectivity index (χ1n) is 9.78. The molecule has 0 radical (unpaired) electrons. The van der Waals surface area contributed by atoms with Crippen molar-refractivity contribution in [3.05, 3.63) is 71.4 Å². The molecule has 0 aliphatic rings. The lowest BCUT2D eigenvalue weighted by atomic mass is 10.1. The minimum atomic E-state index is -4.47. The number of carbonyl (C=O) groups is 1. The van der Waals surface area contributed by atoms with Crippen molar-refractivity contribution in [1.29, 1.82) is 0 Å². The lowest BCUT2D eigenvalue weighted by molar-refractivity contribution is -0.138. The fourth-order valence-corrected chi connectivity index (χ4v) is 4.27. The summed E-state index contributed by atoms with van der Waals surface area (Å²) >= 11 is 1.41. The van der Waals surface area contributed by atoms with E-state index in [1.54, 1.807) is 16.6 Å². The summed E-state index contributed by atoms with van der Waals surface area (Å²) in [5, 5.41) is 7.74. The number of hydrogen-bond acceptors (Lipinski definition) is 5. The molecule has 0 aliphatic carbocycles. The summed E-state index contributed by atoms with van der Waals surface area (Å²) in [7, 11) is 1.72. The van der Waals surface area contributed by atoms with Gasteiger partial charge < -0.3 is 10.2 Å². The van der Waals surface area contributed by atoms with Gasteiger partial charge in [0, 0.05) is 13.6 Å². The first kappa shape index (κ1) is 21.8. The molecule has 4 rings (SSSR count). The second kappa shape index (κ2) is 8.62. The number of halogens is 3. The Labute approximate surface area is 186 Å². The van der Waals surface area contributed by atoms with Crippen molar-refractivity contribution >= 4 is 32.7 Å². The summed E-state index contributed by atoms with van der Waals surface area (Å²) in [6.45, 7) is 1.65. The third-order valence-electron chi connectivity index (χ3n) is 4.88. The van der Waals surface area contributed by atoms with Crippen LogP contribution in [0.4, 0.5) is 18.3 Å². The van der Waals surface area contributed by atoms with Crippen molar-refractivity contribution in [2.75, 3.05) is 18.5 Å². The van der Waals surface area contributed by atoms with Gasteiger partial charge in [-0.1, -0.05) is 47.7 Å². The molecule has 0 bridgehead atoms. The summed E-state index contributed by atoms with van der Waals surface area (Å²) in [5.41, 5.74) is 1.68. The molecule has 4 aromatic rings. The second-order valence-electron chi connectivity index (χ2n) is 7.27. The van der Waals surface area contributed by atoms with Crippen LogP contribution in [0.3, 0.4) is 0 Å². The molecular weight excluding hydrogens is 439 g/mol. The summed E-state index contributed by atoms with van der Waals surface area (Å²) in [5.74, 6) is -0.398. The predicted octanol–water partition coefficient (Wildman–Crippen LogP) is 4.56. The van der Waals surface area contributed by atoms with Gasteiger partial charge in [-0.3, -0.25) is 4.79 Å². The van der Waals surface area contributed by atoms with Gasteiger partial charge in [0.2, 0.25) is 5.91 Å². The van der Waals surface area contributed by atoms with E-state index in [0.29, 0.717) is 10.8 Å². The van der Waals surface area contributed by atoms with Gasteiger partial charge in [0.05, 0.1) is 28.2 Å². The van der Waals surface area contributed by atoms with E-state index in [9.17, 15) is 18.0 Å². The number of amides is 1. The number of thiazole rings is 1. The van der Waals surface area contributed by atoms with Crippen LogP contribution < -0.4 is 10.2 Å². The Kier molecular flexibility index (Phi) is 5.88. The van der Waals surface area contributed by atoms with Crippen molar-refractivity contribution in [2.24, 2.45) is 0 Å². The minimum absolute atomic E-state index is 0.0227. The summed E-state index contributed by atoms with van der Waals surface area (Å²) < 4.78 is 42.1. The van der Waals surface area contributed by atoms with Gasteiger partial charge in [-0.15, -0.1) is 0 Å². The Morgan fingerprint density at radius 2 is 1.81 bits per heavy atom. The number of nitrogens with one attached hydrogen (secondary N) is 1. The van der Waals surface area contributed by atoms with Crippen LogP contribution >= 0.6 is 11.3 Å². The van der Waals surface area contributed by atoms with Crippen LogP contribution in [-0.2, 0) is 17.5 Å². The maximum atomic E-state index is 13.1. The average molecular weight is 459 g/mol. The number of nitrogens with zero attached hydrogens (tertiary/aromatic N) is 4. The smallest absolute Gasteiger partial charge is 0.350 e. The minimum Gasteiger partial charge on any atom is -0.350 e. The first-order chi connectivity index (χ1) is 15.2. The van der Waals surface area contributed by atoms with Gasteiger partial charge in [0.15, 0.2) is 10.8 Å². The topological polar surface area (TPSA) is 63.1 Å². The molecule has 0 saturated heterocycles. The number of likely N-dealkylation sites (N-methyl/N-ethyl adjacent to an activating group) is 1. The summed E-state index contributed by atoms with van der Waals surface area (Å²) in [6.07, 6.45) is -4.47. The Morgan fingerprint density at radius 1 is 1.12 bits per heavy atom. The molecular formula is C22H20F3N5OS. The van der Waals surface area contributed by atoms with Gasteiger partial charge in [0.1, 0.15) is 0 Å². The fourth-order valence-electron chi connectivity index (χ4n) is 3.32. The highest BCUT2D eigenvalue weighted by atomic mass is 32.1. The largest absolute Gasteiger partial charge is 0.416 e. The molecule has 6 nitrogen and oxygen atoms in total. The molecule has 2 aromatic heterocycles. The van der Waals surface area contributed by atoms with E-state index in [1.807, 2.05) is 37.3 Å². The summed E-state index contributed by atoms with van der Waals surface area (Å²) in [6, 6.07) is 14.8. The zero-order valence-corrected chi connectivity index (χ0v) is 18.2. The normalized spacial score (nSPS) is 11.7. The van der Waals surface area contributed by atoms with Crippen LogP contribution in [0, 0.1) is 6.92 Å². The molecule has 0 spiro atoms. The van der Waals surface area contributed by atoms with Gasteiger partial charge in [-0.2, -0.15) is 23.3 Å². The average Bonchev–Trinajstić information content (AvgIpc) is 3.33. The molecule has 0 atom stereocenters. The van der Waals surface area contributed by atoms with Crippen LogP contribution in [0.2, 0.25) is 0 Å². The second-order valence-corrected chi connectivity index (χ2v) is 8.25. The highest BCUT2D eigenvalue weighted by Crippen LogP contribution is 2.33. The predicted molar refractivity (Wildman–Crippen MR) is 118 cm³/mol. The van der Waals surface area contributed by atoms with Crippen LogP contribution in [0.5, 0.6) is 0 Å². The molecule has 1 amide bonds. The van der Waals surface area contributed by atoms with E-state index in [0.717, 1.165) is 22.1 Å². The van der Waals surface area contributed by atoms with Crippen molar-refractivity contribution in [3.8, 4) is 5.69 Å². The lowest BCUT2D eigenvalue weighted by Crippen LogP contribution is -2.35. The SMILES string of the molecule is Cc1nn(-c2ccccc2)c2nc(N(C)CC(=O)NCc3ccccc3C(F)(F)F)sc12. The first-order valence-corrected chi connectivity index (χ1v) is 10.6. The van der Waals surface area contributed by atoms with Crippen molar-refractivity contribution in [2.45, 2.75) is 19.6 Å². The molecule has 0 saturated carbocycles. The number of hydrogen-bond donors (Lipinski definition) is 1. The third-order valence-corrected chi connectivity index (χ3v) is 6.15. The molecule has 32 heavy (non-hydrogen) atoms. The Balaban J connectivity index is 1.47. The van der Waals surface area contributed by atoms with Gasteiger partial charge in [0.25, 0.3) is 0 Å². The number of rotatable bonds is 6. The Hall–Kier alpha value is -3.40. The van der Waals surface area contributed by atoms with Gasteiger partial charge in [-0.25, -0.2) is 4.68 Å². The number of para-hydroxylation sites is 1. The van der Waals surface area contributed by atoms with Crippen LogP contribution in [-0.4, -0.2) is 34.3 Å². The Morgan fingerprint density at radius 3 is 2.53 bits per heavy atom. The number of carbonyl (C=O) groups excluding carboxylic acids is 1. The zero-order chi connectivity index (χ0) is 22.9. The van der Waals surface area contributed by atoms with E-state index < -0.39 is 17.6 Å². The highest BCUT2D eigenvalue weighted by Gasteiger charge is 2.32. The van der Waals surface area contributed by atoms with E-state index in [4.69, 9.17) is 0 Å². The molecule has 2 aromatic carbocycles. The number of anilines is 1. The fraction of sp³-hybridized carbons (Fsp3) is 0.227. The number of aryl methyl sites for hydroxylation is 1. The Bertz CT molecular complexity index is 1250. The van der Waals surface area contributed by atoms with E-state index >= 15 is 0 Å². The molecule has 10 heteroatoms. The zero-order valence-electron chi connectivity index (χ0n) is 17.3. The molecule has 166 valence electrons. The van der Waals surface area contributed by atoms with E-state index in [-0.39, 0.29) is 18.7 Å². The van der Waals surface area contributed by atoms with Gasteiger partial charge in [-0.05, 0) is 30.7 Å². The van der Waals surface area contributed by atoms with E-state index in [1.165, 1.54) is 29.5 Å². The highest BCUT2D eigenvalue weighted by molar-refractivity contribution is 7.22. The third kappa shape index (κ3) is 4.45. The number of aromatic nitrogens is 3. The molecule has 2 heterocycles. The van der Waals surface area contributed by atoms with Crippen LogP contribution in [0.25, 0.3) is 16.0 Å². The van der Waals surface area contributed by atoms with Crippen molar-refractivity contribution < 1.29 is 18.0 Å². The van der Waals surface area contributed by atoms with Crippen LogP contribution in [0.1, 0.15) is 16.8 Å². The number of benzene rings is 2.